The third-order valence-electron chi connectivity index (χ3n) is 9.08. The van der Waals surface area contributed by atoms with Crippen LogP contribution in [-0.4, -0.2) is 15.0 Å². The van der Waals surface area contributed by atoms with E-state index in [9.17, 15) is 0 Å². The maximum Gasteiger partial charge on any atom is 0.160 e. The maximum atomic E-state index is 5.29. The second-order valence-corrected chi connectivity index (χ2v) is 12.1. The Morgan fingerprint density at radius 2 is 1.02 bits per heavy atom. The van der Waals surface area contributed by atoms with E-state index in [4.69, 9.17) is 15.0 Å². The molecule has 224 valence electrons. The molecule has 0 saturated heterocycles. The Labute approximate surface area is 278 Å². The molecule has 0 bridgehead atoms. The molecule has 0 atom stereocenters. The van der Waals surface area contributed by atoms with Gasteiger partial charge in [0.2, 0.25) is 0 Å². The lowest BCUT2D eigenvalue weighted by Gasteiger charge is -2.15. The molecule has 0 N–H and O–H groups in total. The zero-order chi connectivity index (χ0) is 31.9. The van der Waals surface area contributed by atoms with Crippen molar-refractivity contribution in [2.45, 2.75) is 0 Å². The van der Waals surface area contributed by atoms with Crippen LogP contribution >= 0.6 is 0 Å². The quantitative estimate of drug-likeness (QED) is 0.182. The molecule has 0 fully saturated rings. The first-order valence-electron chi connectivity index (χ1n) is 16.2. The summed E-state index contributed by atoms with van der Waals surface area (Å²) < 4.78 is 0. The van der Waals surface area contributed by atoms with Crippen molar-refractivity contribution >= 4 is 32.4 Å². The van der Waals surface area contributed by atoms with Crippen molar-refractivity contribution in [3.63, 3.8) is 0 Å². The van der Waals surface area contributed by atoms with Gasteiger partial charge in [0.15, 0.2) is 5.82 Å². The normalized spacial score (nSPS) is 11.3. The van der Waals surface area contributed by atoms with E-state index in [1.54, 1.807) is 0 Å². The van der Waals surface area contributed by atoms with E-state index in [0.717, 1.165) is 55.7 Å². The van der Waals surface area contributed by atoms with Crippen LogP contribution in [0.25, 0.3) is 88.6 Å². The van der Waals surface area contributed by atoms with Gasteiger partial charge in [-0.3, -0.25) is 4.98 Å². The van der Waals surface area contributed by atoms with E-state index < -0.39 is 0 Å². The summed E-state index contributed by atoms with van der Waals surface area (Å²) in [5.74, 6) is 0.677. The summed E-state index contributed by atoms with van der Waals surface area (Å²) in [5, 5.41) is 5.91. The fourth-order valence-corrected chi connectivity index (χ4v) is 6.77. The van der Waals surface area contributed by atoms with E-state index in [2.05, 4.69) is 146 Å². The predicted molar refractivity (Wildman–Crippen MR) is 200 cm³/mol. The molecule has 0 unspecified atom stereocenters. The molecule has 9 aromatic rings. The largest absolute Gasteiger partial charge is 0.256 e. The fraction of sp³-hybridized carbons (Fsp3) is 0. The highest BCUT2D eigenvalue weighted by molar-refractivity contribution is 6.14. The Morgan fingerprint density at radius 1 is 0.354 bits per heavy atom. The second kappa shape index (κ2) is 11.7. The van der Waals surface area contributed by atoms with Gasteiger partial charge in [-0.15, -0.1) is 0 Å². The van der Waals surface area contributed by atoms with Crippen LogP contribution in [0.3, 0.4) is 0 Å². The molecule has 0 spiro atoms. The Kier molecular flexibility index (Phi) is 6.80. The van der Waals surface area contributed by atoms with Gasteiger partial charge in [-0.25, -0.2) is 9.97 Å². The third-order valence-corrected chi connectivity index (χ3v) is 9.08. The zero-order valence-electron chi connectivity index (χ0n) is 26.1. The van der Waals surface area contributed by atoms with Crippen LogP contribution in [0.1, 0.15) is 0 Å². The van der Waals surface area contributed by atoms with Gasteiger partial charge in [-0.2, -0.15) is 0 Å². The lowest BCUT2D eigenvalue weighted by atomic mass is 9.91. The van der Waals surface area contributed by atoms with Crippen LogP contribution in [0.15, 0.2) is 176 Å². The molecule has 2 heterocycles. The number of pyridine rings is 1. The molecule has 0 saturated carbocycles. The van der Waals surface area contributed by atoms with Gasteiger partial charge >= 0.3 is 0 Å². The van der Waals surface area contributed by atoms with Crippen LogP contribution in [0.5, 0.6) is 0 Å². The minimum absolute atomic E-state index is 0.677. The molecular weight excluding hydrogens is 583 g/mol. The molecule has 9 rings (SSSR count). The molecule has 0 aliphatic carbocycles. The maximum absolute atomic E-state index is 5.29. The Morgan fingerprint density at radius 3 is 1.81 bits per heavy atom. The average Bonchev–Trinajstić information content (AvgIpc) is 3.17. The Balaban J connectivity index is 1.32. The molecule has 3 heteroatoms. The van der Waals surface area contributed by atoms with Crippen LogP contribution in [0, 0.1) is 0 Å². The van der Waals surface area contributed by atoms with Gasteiger partial charge in [-0.05, 0) is 92.3 Å². The predicted octanol–water partition coefficient (Wildman–Crippen LogP) is 11.7. The van der Waals surface area contributed by atoms with Crippen LogP contribution in [-0.2, 0) is 0 Å². The number of hydrogen-bond acceptors (Lipinski definition) is 3. The van der Waals surface area contributed by atoms with Crippen LogP contribution in [0.4, 0.5) is 0 Å². The van der Waals surface area contributed by atoms with E-state index in [1.165, 1.54) is 27.1 Å². The van der Waals surface area contributed by atoms with Gasteiger partial charge in [0.25, 0.3) is 0 Å². The number of aromatic nitrogens is 3. The first kappa shape index (κ1) is 27.8. The van der Waals surface area contributed by atoms with E-state index >= 15 is 0 Å². The van der Waals surface area contributed by atoms with Crippen molar-refractivity contribution in [2.75, 3.05) is 0 Å². The first-order chi connectivity index (χ1) is 23.8. The third kappa shape index (κ3) is 4.99. The minimum Gasteiger partial charge on any atom is -0.256 e. The number of hydrogen-bond donors (Lipinski definition) is 0. The summed E-state index contributed by atoms with van der Waals surface area (Å²) >= 11 is 0. The minimum atomic E-state index is 0.677. The van der Waals surface area contributed by atoms with Crippen molar-refractivity contribution in [1.82, 2.24) is 15.0 Å². The Bertz CT molecular complexity index is 2600. The van der Waals surface area contributed by atoms with Crippen molar-refractivity contribution in [2.24, 2.45) is 0 Å². The molecule has 0 radical (unpaired) electrons. The fourth-order valence-electron chi connectivity index (χ4n) is 6.77. The summed E-state index contributed by atoms with van der Waals surface area (Å²) in [6.07, 6.45) is 1.85. The summed E-state index contributed by atoms with van der Waals surface area (Å²) in [5.41, 5.74) is 10.3. The van der Waals surface area contributed by atoms with Crippen molar-refractivity contribution < 1.29 is 0 Å². The molecular formula is C45H29N3. The molecule has 0 aliphatic heterocycles. The number of benzene rings is 7. The summed E-state index contributed by atoms with van der Waals surface area (Å²) in [6, 6.07) is 59.6. The Hall–Kier alpha value is -6.45. The van der Waals surface area contributed by atoms with Gasteiger partial charge in [-0.1, -0.05) is 121 Å². The van der Waals surface area contributed by atoms with Gasteiger partial charge in [0, 0.05) is 28.3 Å². The number of nitrogens with zero attached hydrogens (tertiary/aromatic N) is 3. The standard InChI is InChI=1S/C45H29N3/c1-3-13-30(14-4-1)32-22-23-40-43(29-32)47-45(48-44(40)31-15-5-2-6-16-31)36-26-34(25-35(27-36)42-21-11-12-24-46-42)41-28-33-17-7-8-18-37(33)38-19-9-10-20-39(38)41/h1-29H. The highest BCUT2D eigenvalue weighted by Crippen LogP contribution is 2.39. The molecule has 0 amide bonds. The second-order valence-electron chi connectivity index (χ2n) is 12.1. The molecule has 3 nitrogen and oxygen atoms in total. The van der Waals surface area contributed by atoms with Crippen LogP contribution < -0.4 is 0 Å². The van der Waals surface area contributed by atoms with Crippen molar-refractivity contribution in [3.05, 3.63) is 176 Å². The van der Waals surface area contributed by atoms with Gasteiger partial charge < -0.3 is 0 Å². The lowest BCUT2D eigenvalue weighted by Crippen LogP contribution is -1.97. The SMILES string of the molecule is c1ccc(-c2ccc3c(-c4ccccc4)nc(-c4cc(-c5ccccn5)cc(-c5cc6ccccc6c6ccccc56)c4)nc3c2)cc1. The van der Waals surface area contributed by atoms with Gasteiger partial charge in [0.1, 0.15) is 0 Å². The first-order valence-corrected chi connectivity index (χ1v) is 16.2. The highest BCUT2D eigenvalue weighted by Gasteiger charge is 2.17. The number of fused-ring (bicyclic) bond motifs is 4. The summed E-state index contributed by atoms with van der Waals surface area (Å²) in [4.78, 5) is 15.3. The van der Waals surface area contributed by atoms with Gasteiger partial charge in [0.05, 0.1) is 16.9 Å². The molecule has 2 aromatic heterocycles. The van der Waals surface area contributed by atoms with E-state index in [0.29, 0.717) is 5.82 Å². The molecule has 0 aliphatic rings. The topological polar surface area (TPSA) is 38.7 Å². The molecule has 48 heavy (non-hydrogen) atoms. The van der Waals surface area contributed by atoms with Crippen molar-refractivity contribution in [1.29, 1.82) is 0 Å². The summed E-state index contributed by atoms with van der Waals surface area (Å²) in [6.45, 7) is 0. The summed E-state index contributed by atoms with van der Waals surface area (Å²) in [7, 11) is 0. The van der Waals surface area contributed by atoms with Crippen molar-refractivity contribution in [3.8, 4) is 56.2 Å². The number of rotatable bonds is 5. The monoisotopic (exact) mass is 611 g/mol. The lowest BCUT2D eigenvalue weighted by molar-refractivity contribution is 1.23. The van der Waals surface area contributed by atoms with E-state index in [-0.39, 0.29) is 0 Å². The zero-order valence-corrected chi connectivity index (χ0v) is 26.1. The smallest absolute Gasteiger partial charge is 0.160 e. The van der Waals surface area contributed by atoms with E-state index in [1.807, 2.05) is 30.5 Å². The average molecular weight is 612 g/mol. The van der Waals surface area contributed by atoms with Crippen LogP contribution in [0.2, 0.25) is 0 Å². The molecule has 7 aromatic carbocycles. The highest BCUT2D eigenvalue weighted by atomic mass is 14.9.